The summed E-state index contributed by atoms with van der Waals surface area (Å²) < 4.78 is 7.07. The maximum absolute atomic E-state index is 12.9. The lowest BCUT2D eigenvalue weighted by atomic mass is 9.95. The topological polar surface area (TPSA) is 76.4 Å². The quantitative estimate of drug-likeness (QED) is 0.706. The molecule has 0 radical (unpaired) electrons. The van der Waals surface area contributed by atoms with Crippen LogP contribution in [0.25, 0.3) is 0 Å². The van der Waals surface area contributed by atoms with E-state index >= 15 is 0 Å². The zero-order valence-corrected chi connectivity index (χ0v) is 16.5. The van der Waals surface area contributed by atoms with E-state index in [9.17, 15) is 4.79 Å². The minimum absolute atomic E-state index is 0.189. The third-order valence-corrected chi connectivity index (χ3v) is 6.55. The highest BCUT2D eigenvalue weighted by Crippen LogP contribution is 2.39. The lowest BCUT2D eigenvalue weighted by Gasteiger charge is -2.37. The molecule has 1 amide bonds. The van der Waals surface area contributed by atoms with Gasteiger partial charge in [-0.1, -0.05) is 6.07 Å². The van der Waals surface area contributed by atoms with Gasteiger partial charge in [-0.25, -0.2) is 4.68 Å². The van der Waals surface area contributed by atoms with Gasteiger partial charge >= 0.3 is 0 Å². The predicted octanol–water partition coefficient (Wildman–Crippen LogP) is 1.15. The molecule has 8 nitrogen and oxygen atoms in total. The molecule has 4 rings (SSSR count). The molecule has 1 unspecified atom stereocenters. The number of ether oxygens (including phenoxy) is 1. The van der Waals surface area contributed by atoms with E-state index in [4.69, 9.17) is 4.74 Å². The molecule has 146 valence electrons. The molecule has 2 aromatic heterocycles. The van der Waals surface area contributed by atoms with Crippen LogP contribution in [0.5, 0.6) is 0 Å². The van der Waals surface area contributed by atoms with Crippen molar-refractivity contribution in [2.24, 2.45) is 0 Å². The summed E-state index contributed by atoms with van der Waals surface area (Å²) in [4.78, 5) is 18.5. The molecule has 0 spiro atoms. The Morgan fingerprint density at radius 3 is 2.93 bits per heavy atom. The van der Waals surface area contributed by atoms with Crippen molar-refractivity contribution in [1.82, 2.24) is 30.0 Å². The van der Waals surface area contributed by atoms with E-state index in [1.165, 1.54) is 12.8 Å². The molecule has 2 saturated heterocycles. The van der Waals surface area contributed by atoms with E-state index in [2.05, 4.69) is 20.4 Å². The highest BCUT2D eigenvalue weighted by atomic mass is 32.1. The van der Waals surface area contributed by atoms with E-state index in [0.717, 1.165) is 36.8 Å². The molecular formula is C18H26N6O2S. The molecule has 4 heterocycles. The average Bonchev–Trinajstić information content (AvgIpc) is 3.47. The van der Waals surface area contributed by atoms with Crippen molar-refractivity contribution in [1.29, 1.82) is 0 Å². The second-order valence-electron chi connectivity index (χ2n) is 7.27. The number of aromatic nitrogens is 4. The fourth-order valence-electron chi connectivity index (χ4n) is 4.27. The van der Waals surface area contributed by atoms with Crippen LogP contribution in [0.3, 0.4) is 0 Å². The number of carbonyl (C=O) groups is 1. The smallest absolute Gasteiger partial charge is 0.227 e. The van der Waals surface area contributed by atoms with Gasteiger partial charge < -0.3 is 9.64 Å². The number of likely N-dealkylation sites (tertiary alicyclic amines) is 2. The summed E-state index contributed by atoms with van der Waals surface area (Å²) in [5, 5.41) is 14.6. The van der Waals surface area contributed by atoms with Gasteiger partial charge in [-0.05, 0) is 54.2 Å². The molecule has 2 aromatic rings. The highest BCUT2D eigenvalue weighted by molar-refractivity contribution is 7.10. The van der Waals surface area contributed by atoms with Gasteiger partial charge in [0, 0.05) is 25.1 Å². The summed E-state index contributed by atoms with van der Waals surface area (Å²) >= 11 is 1.64. The SMILES string of the molecule is COCCn1nnnc1C1(N2CCCC2)CCN(C(=O)Cc2cccs2)C1. The van der Waals surface area contributed by atoms with Crippen LogP contribution < -0.4 is 0 Å². The number of carbonyl (C=O) groups excluding carboxylic acids is 1. The Kier molecular flexibility index (Phi) is 5.51. The molecule has 2 aliphatic rings. The van der Waals surface area contributed by atoms with Crippen LogP contribution in [0.15, 0.2) is 17.5 Å². The highest BCUT2D eigenvalue weighted by Gasteiger charge is 2.50. The Hall–Kier alpha value is -1.84. The lowest BCUT2D eigenvalue weighted by molar-refractivity contribution is -0.130. The van der Waals surface area contributed by atoms with Crippen molar-refractivity contribution in [3.05, 3.63) is 28.2 Å². The van der Waals surface area contributed by atoms with Gasteiger partial charge in [0.15, 0.2) is 5.82 Å². The molecule has 2 fully saturated rings. The van der Waals surface area contributed by atoms with E-state index in [1.54, 1.807) is 18.4 Å². The van der Waals surface area contributed by atoms with Gasteiger partial charge in [0.05, 0.1) is 19.6 Å². The Balaban J connectivity index is 1.57. The second kappa shape index (κ2) is 8.04. The zero-order valence-electron chi connectivity index (χ0n) is 15.7. The summed E-state index contributed by atoms with van der Waals surface area (Å²) in [5.74, 6) is 1.06. The molecule has 1 atom stereocenters. The van der Waals surface area contributed by atoms with Crippen molar-refractivity contribution in [3.8, 4) is 0 Å². The third kappa shape index (κ3) is 3.63. The predicted molar refractivity (Wildman–Crippen MR) is 101 cm³/mol. The van der Waals surface area contributed by atoms with Crippen LogP contribution in [0.4, 0.5) is 0 Å². The van der Waals surface area contributed by atoms with Crippen molar-refractivity contribution in [2.75, 3.05) is 39.9 Å². The number of hydrogen-bond acceptors (Lipinski definition) is 7. The van der Waals surface area contributed by atoms with Crippen LogP contribution in [-0.4, -0.2) is 75.8 Å². The maximum atomic E-state index is 12.9. The van der Waals surface area contributed by atoms with E-state index in [1.807, 2.05) is 27.1 Å². The van der Waals surface area contributed by atoms with Crippen LogP contribution >= 0.6 is 11.3 Å². The van der Waals surface area contributed by atoms with Crippen molar-refractivity contribution in [3.63, 3.8) is 0 Å². The number of tetrazole rings is 1. The molecule has 0 saturated carbocycles. The van der Waals surface area contributed by atoms with E-state index in [0.29, 0.717) is 26.1 Å². The molecule has 9 heteroatoms. The summed E-state index contributed by atoms with van der Waals surface area (Å²) in [7, 11) is 1.68. The molecule has 0 aliphatic carbocycles. The number of methoxy groups -OCH3 is 1. The fourth-order valence-corrected chi connectivity index (χ4v) is 4.97. The Labute approximate surface area is 163 Å². The van der Waals surface area contributed by atoms with Crippen molar-refractivity contribution < 1.29 is 9.53 Å². The third-order valence-electron chi connectivity index (χ3n) is 5.67. The van der Waals surface area contributed by atoms with E-state index in [-0.39, 0.29) is 11.4 Å². The second-order valence-corrected chi connectivity index (χ2v) is 8.30. The van der Waals surface area contributed by atoms with Gasteiger partial charge in [-0.2, -0.15) is 0 Å². The molecule has 2 aliphatic heterocycles. The minimum Gasteiger partial charge on any atom is -0.383 e. The first-order chi connectivity index (χ1) is 13.2. The molecule has 0 N–H and O–H groups in total. The number of rotatable bonds is 7. The van der Waals surface area contributed by atoms with Crippen LogP contribution in [0.1, 0.15) is 30.0 Å². The fraction of sp³-hybridized carbons (Fsp3) is 0.667. The largest absolute Gasteiger partial charge is 0.383 e. The monoisotopic (exact) mass is 390 g/mol. The van der Waals surface area contributed by atoms with Gasteiger partial charge in [0.25, 0.3) is 0 Å². The Bertz CT molecular complexity index is 758. The lowest BCUT2D eigenvalue weighted by Crippen LogP contribution is -2.49. The van der Waals surface area contributed by atoms with Crippen LogP contribution in [0.2, 0.25) is 0 Å². The summed E-state index contributed by atoms with van der Waals surface area (Å²) in [5.41, 5.74) is -0.293. The van der Waals surface area contributed by atoms with Gasteiger partial charge in [-0.3, -0.25) is 9.69 Å². The number of amides is 1. The molecule has 0 bridgehead atoms. The number of nitrogens with zero attached hydrogens (tertiary/aromatic N) is 6. The van der Waals surface area contributed by atoms with Crippen LogP contribution in [-0.2, 0) is 28.0 Å². The van der Waals surface area contributed by atoms with Crippen molar-refractivity contribution in [2.45, 2.75) is 37.8 Å². The van der Waals surface area contributed by atoms with E-state index < -0.39 is 0 Å². The Morgan fingerprint density at radius 2 is 2.19 bits per heavy atom. The summed E-state index contributed by atoms with van der Waals surface area (Å²) in [6, 6.07) is 4.02. The molecular weight excluding hydrogens is 364 g/mol. The summed E-state index contributed by atoms with van der Waals surface area (Å²) in [6.45, 7) is 4.66. The zero-order chi connectivity index (χ0) is 18.7. The van der Waals surface area contributed by atoms with Gasteiger partial charge in [-0.15, -0.1) is 16.4 Å². The minimum atomic E-state index is -0.293. The first-order valence-electron chi connectivity index (χ1n) is 9.54. The summed E-state index contributed by atoms with van der Waals surface area (Å²) in [6.07, 6.45) is 3.72. The van der Waals surface area contributed by atoms with Gasteiger partial charge in [0.1, 0.15) is 5.54 Å². The van der Waals surface area contributed by atoms with Crippen molar-refractivity contribution >= 4 is 17.2 Å². The Morgan fingerprint density at radius 1 is 1.33 bits per heavy atom. The standard InChI is InChI=1S/C18H26N6O2S/c1-26-11-10-24-17(19-20-21-24)18(23-7-2-3-8-23)6-9-22(14-18)16(25)13-15-5-4-12-27-15/h4-5,12H,2-3,6-11,13-14H2,1H3. The normalized spacial score (nSPS) is 23.4. The number of thiophene rings is 1. The van der Waals surface area contributed by atoms with Crippen LogP contribution in [0, 0.1) is 0 Å². The first-order valence-corrected chi connectivity index (χ1v) is 10.4. The first kappa shape index (κ1) is 18.5. The molecule has 0 aromatic carbocycles. The number of hydrogen-bond donors (Lipinski definition) is 0. The maximum Gasteiger partial charge on any atom is 0.227 e. The average molecular weight is 391 g/mol. The molecule has 27 heavy (non-hydrogen) atoms. The van der Waals surface area contributed by atoms with Gasteiger partial charge in [0.2, 0.25) is 5.91 Å².